The minimum atomic E-state index is -0.470. The van der Waals surface area contributed by atoms with Crippen LogP contribution in [0.25, 0.3) is 0 Å². The van der Waals surface area contributed by atoms with E-state index in [1.165, 1.54) is 18.2 Å². The third-order valence-electron chi connectivity index (χ3n) is 3.68. The molecule has 9 nitrogen and oxygen atoms in total. The molecule has 0 fully saturated rings. The smallest absolute Gasteiger partial charge is 0.256 e. The van der Waals surface area contributed by atoms with E-state index in [4.69, 9.17) is 5.73 Å². The van der Waals surface area contributed by atoms with Gasteiger partial charge in [-0.2, -0.15) is 0 Å². The third-order valence-corrected chi connectivity index (χ3v) is 4.29. The summed E-state index contributed by atoms with van der Waals surface area (Å²) in [6.45, 7) is 0.362. The Kier molecular flexibility index (Phi) is 5.96. The van der Waals surface area contributed by atoms with Gasteiger partial charge in [-0.25, -0.2) is 9.02 Å². The van der Waals surface area contributed by atoms with E-state index in [2.05, 4.69) is 46.7 Å². The fourth-order valence-corrected chi connectivity index (χ4v) is 2.62. The Hall–Kier alpha value is -3.31. The highest BCUT2D eigenvalue weighted by molar-refractivity contribution is 9.10. The van der Waals surface area contributed by atoms with E-state index in [0.29, 0.717) is 17.8 Å². The molecule has 0 saturated heterocycles. The van der Waals surface area contributed by atoms with Crippen LogP contribution in [0, 0.1) is 5.82 Å². The molecule has 1 aromatic heterocycles. The van der Waals surface area contributed by atoms with Crippen molar-refractivity contribution in [3.63, 3.8) is 0 Å². The lowest BCUT2D eigenvalue weighted by Gasteiger charge is -2.08. The summed E-state index contributed by atoms with van der Waals surface area (Å²) in [6, 6.07) is 10.8. The van der Waals surface area contributed by atoms with E-state index in [9.17, 15) is 14.4 Å². The molecule has 0 aliphatic rings. The number of rotatable bonds is 5. The van der Waals surface area contributed by atoms with Crippen molar-refractivity contribution in [2.45, 2.75) is 6.54 Å². The topological polar surface area (TPSA) is 139 Å². The van der Waals surface area contributed by atoms with Crippen LogP contribution in [-0.2, 0) is 6.54 Å². The number of halogens is 2. The van der Waals surface area contributed by atoms with Gasteiger partial charge >= 0.3 is 0 Å². The number of hydrogen-bond acceptors (Lipinski definition) is 7. The number of anilines is 2. The summed E-state index contributed by atoms with van der Waals surface area (Å²) >= 11 is 3.06. The molecular formula is C17H14BrFN6O3. The predicted molar refractivity (Wildman–Crippen MR) is 103 cm³/mol. The van der Waals surface area contributed by atoms with Gasteiger partial charge in [0.2, 0.25) is 11.7 Å². The first kappa shape index (κ1) is 19.5. The normalized spacial score (nSPS) is 11.3. The van der Waals surface area contributed by atoms with Crippen LogP contribution in [0.1, 0.15) is 21.6 Å². The van der Waals surface area contributed by atoms with Crippen molar-refractivity contribution in [3.8, 4) is 0 Å². The number of oxime groups is 1. The fourth-order valence-electron chi connectivity index (χ4n) is 2.24. The van der Waals surface area contributed by atoms with Crippen LogP contribution in [-0.4, -0.2) is 27.3 Å². The summed E-state index contributed by atoms with van der Waals surface area (Å²) < 4.78 is 18.2. The van der Waals surface area contributed by atoms with E-state index in [-0.39, 0.29) is 21.8 Å². The van der Waals surface area contributed by atoms with Crippen molar-refractivity contribution >= 4 is 39.2 Å². The summed E-state index contributed by atoms with van der Waals surface area (Å²) in [5.41, 5.74) is 7.14. The minimum absolute atomic E-state index is 0.0464. The highest BCUT2D eigenvalue weighted by Crippen LogP contribution is 2.21. The second-order valence-electron chi connectivity index (χ2n) is 5.52. The minimum Gasteiger partial charge on any atom is -0.409 e. The molecule has 5 N–H and O–H groups in total. The number of carbonyl (C=O) groups excluding carboxylic acids is 1. The molecule has 11 heteroatoms. The van der Waals surface area contributed by atoms with Gasteiger partial charge in [-0.3, -0.25) is 4.79 Å². The molecule has 2 aromatic carbocycles. The molecule has 0 unspecified atom stereocenters. The summed E-state index contributed by atoms with van der Waals surface area (Å²) in [5.74, 6) is -1.14. The number of carbonyl (C=O) groups is 1. The maximum Gasteiger partial charge on any atom is 0.256 e. The summed E-state index contributed by atoms with van der Waals surface area (Å²) in [6.07, 6.45) is 0. The SMILES string of the molecule is NCc1ccc(C(=O)Nc2nonc2/C(=N\O)Nc2ccc(F)c(Br)c2)cc1. The highest BCUT2D eigenvalue weighted by atomic mass is 79.9. The maximum absolute atomic E-state index is 13.4. The molecule has 0 aliphatic carbocycles. The van der Waals surface area contributed by atoms with Gasteiger partial charge in [0, 0.05) is 17.8 Å². The van der Waals surface area contributed by atoms with Crippen LogP contribution in [0.2, 0.25) is 0 Å². The first-order chi connectivity index (χ1) is 13.5. The molecule has 28 heavy (non-hydrogen) atoms. The van der Waals surface area contributed by atoms with Crippen molar-refractivity contribution < 1.29 is 19.0 Å². The van der Waals surface area contributed by atoms with Crippen LogP contribution in [0.15, 0.2) is 56.7 Å². The van der Waals surface area contributed by atoms with Crippen molar-refractivity contribution in [2.75, 3.05) is 10.6 Å². The lowest BCUT2D eigenvalue weighted by Crippen LogP contribution is -2.19. The summed E-state index contributed by atoms with van der Waals surface area (Å²) in [4.78, 5) is 12.4. The zero-order valence-electron chi connectivity index (χ0n) is 14.2. The molecule has 0 radical (unpaired) electrons. The molecule has 0 atom stereocenters. The third kappa shape index (κ3) is 4.32. The largest absolute Gasteiger partial charge is 0.409 e. The predicted octanol–water partition coefficient (Wildman–Crippen LogP) is 2.93. The number of nitrogens with zero attached hydrogens (tertiary/aromatic N) is 3. The van der Waals surface area contributed by atoms with Crippen molar-refractivity contribution in [2.24, 2.45) is 10.9 Å². The van der Waals surface area contributed by atoms with E-state index in [1.54, 1.807) is 24.3 Å². The number of nitrogens with two attached hydrogens (primary N) is 1. The number of amidine groups is 1. The number of amides is 1. The highest BCUT2D eigenvalue weighted by Gasteiger charge is 2.20. The molecule has 0 spiro atoms. The zero-order chi connectivity index (χ0) is 20.1. The van der Waals surface area contributed by atoms with Crippen LogP contribution < -0.4 is 16.4 Å². The lowest BCUT2D eigenvalue weighted by molar-refractivity contribution is 0.102. The van der Waals surface area contributed by atoms with E-state index in [0.717, 1.165) is 5.56 Å². The van der Waals surface area contributed by atoms with Gasteiger partial charge < -0.3 is 21.6 Å². The average molecular weight is 449 g/mol. The van der Waals surface area contributed by atoms with Crippen LogP contribution >= 0.6 is 15.9 Å². The second-order valence-corrected chi connectivity index (χ2v) is 6.37. The Labute approximate surface area is 166 Å². The Morgan fingerprint density at radius 2 is 1.96 bits per heavy atom. The monoisotopic (exact) mass is 448 g/mol. The molecule has 1 amide bonds. The molecule has 1 heterocycles. The second kappa shape index (κ2) is 8.59. The van der Waals surface area contributed by atoms with E-state index < -0.39 is 11.7 Å². The van der Waals surface area contributed by atoms with Gasteiger partial charge in [-0.1, -0.05) is 17.3 Å². The molecule has 144 valence electrons. The summed E-state index contributed by atoms with van der Waals surface area (Å²) in [7, 11) is 0. The van der Waals surface area contributed by atoms with Gasteiger partial charge in [0.05, 0.1) is 4.47 Å². The summed E-state index contributed by atoms with van der Waals surface area (Å²) in [5, 5.41) is 25.0. The number of benzene rings is 2. The van der Waals surface area contributed by atoms with Crippen LogP contribution in [0.5, 0.6) is 0 Å². The Morgan fingerprint density at radius 1 is 1.21 bits per heavy atom. The van der Waals surface area contributed by atoms with Gasteiger partial charge in [-0.15, -0.1) is 0 Å². The Morgan fingerprint density at radius 3 is 2.61 bits per heavy atom. The molecule has 0 bridgehead atoms. The lowest BCUT2D eigenvalue weighted by atomic mass is 10.1. The van der Waals surface area contributed by atoms with Crippen LogP contribution in [0.3, 0.4) is 0 Å². The van der Waals surface area contributed by atoms with Crippen molar-refractivity contribution in [3.05, 3.63) is 69.6 Å². The molecule has 3 aromatic rings. The standard InChI is InChI=1S/C17H14BrFN6O3/c18-12-7-11(5-6-13(12)19)21-15(23-27)14-16(25-28-24-14)22-17(26)10-3-1-9(8-20)2-4-10/h1-7,27H,8,20H2,(H,21,23)(H,22,25,26). The zero-order valence-corrected chi connectivity index (χ0v) is 15.8. The molecule has 3 rings (SSSR count). The average Bonchev–Trinajstić information content (AvgIpc) is 3.16. The number of hydrogen-bond donors (Lipinski definition) is 4. The van der Waals surface area contributed by atoms with Gasteiger partial charge in [0.1, 0.15) is 5.82 Å². The molecular weight excluding hydrogens is 435 g/mol. The van der Waals surface area contributed by atoms with Crippen LogP contribution in [0.4, 0.5) is 15.9 Å². The van der Waals surface area contributed by atoms with E-state index in [1.807, 2.05) is 0 Å². The molecule has 0 aliphatic heterocycles. The Bertz CT molecular complexity index is 1020. The van der Waals surface area contributed by atoms with Crippen molar-refractivity contribution in [1.82, 2.24) is 10.3 Å². The fraction of sp³-hybridized carbons (Fsp3) is 0.0588. The quantitative estimate of drug-likeness (QED) is 0.203. The molecule has 0 saturated carbocycles. The first-order valence-corrected chi connectivity index (χ1v) is 8.68. The van der Waals surface area contributed by atoms with Gasteiger partial charge in [0.25, 0.3) is 5.91 Å². The van der Waals surface area contributed by atoms with Gasteiger partial charge in [-0.05, 0) is 62.1 Å². The van der Waals surface area contributed by atoms with E-state index >= 15 is 0 Å². The van der Waals surface area contributed by atoms with Gasteiger partial charge in [0.15, 0.2) is 5.69 Å². The maximum atomic E-state index is 13.4. The Balaban J connectivity index is 1.79. The first-order valence-electron chi connectivity index (χ1n) is 7.89. The van der Waals surface area contributed by atoms with Crippen molar-refractivity contribution in [1.29, 1.82) is 0 Å². The number of aromatic nitrogens is 2. The number of nitrogens with one attached hydrogen (secondary N) is 2.